The van der Waals surface area contributed by atoms with Gasteiger partial charge in [-0.2, -0.15) is 4.98 Å². The SMILES string of the molecule is O=C(O)Cc1noc(-c2cncs2)n1. The molecule has 0 saturated heterocycles. The van der Waals surface area contributed by atoms with E-state index < -0.39 is 5.97 Å². The second kappa shape index (κ2) is 3.54. The summed E-state index contributed by atoms with van der Waals surface area (Å²) < 4.78 is 4.86. The fraction of sp³-hybridized carbons (Fsp3) is 0.143. The lowest BCUT2D eigenvalue weighted by atomic mass is 10.4. The van der Waals surface area contributed by atoms with E-state index in [1.54, 1.807) is 11.7 Å². The lowest BCUT2D eigenvalue weighted by Crippen LogP contribution is -2.01. The van der Waals surface area contributed by atoms with Crippen molar-refractivity contribution in [3.63, 3.8) is 0 Å². The number of hydrogen-bond acceptors (Lipinski definition) is 6. The Morgan fingerprint density at radius 1 is 1.64 bits per heavy atom. The van der Waals surface area contributed by atoms with E-state index in [0.717, 1.165) is 4.88 Å². The number of aromatic nitrogens is 3. The van der Waals surface area contributed by atoms with Crippen LogP contribution in [0.5, 0.6) is 0 Å². The molecule has 0 atom stereocenters. The monoisotopic (exact) mass is 211 g/mol. The first-order chi connectivity index (χ1) is 6.75. The quantitative estimate of drug-likeness (QED) is 0.808. The third-order valence-electron chi connectivity index (χ3n) is 1.42. The third kappa shape index (κ3) is 1.77. The summed E-state index contributed by atoms with van der Waals surface area (Å²) in [5.41, 5.74) is 1.64. The minimum atomic E-state index is -0.985. The summed E-state index contributed by atoms with van der Waals surface area (Å²) in [6, 6.07) is 0. The zero-order valence-corrected chi connectivity index (χ0v) is 7.69. The molecule has 6 nitrogen and oxygen atoms in total. The topological polar surface area (TPSA) is 89.1 Å². The van der Waals surface area contributed by atoms with Crippen LogP contribution in [0.4, 0.5) is 0 Å². The number of carboxylic acids is 1. The Hall–Kier alpha value is -1.76. The maximum atomic E-state index is 10.3. The Kier molecular flexibility index (Phi) is 2.23. The normalized spacial score (nSPS) is 10.3. The zero-order valence-electron chi connectivity index (χ0n) is 6.88. The van der Waals surface area contributed by atoms with Gasteiger partial charge < -0.3 is 9.63 Å². The highest BCUT2D eigenvalue weighted by Gasteiger charge is 2.12. The molecule has 0 aliphatic carbocycles. The fourth-order valence-electron chi connectivity index (χ4n) is 0.883. The van der Waals surface area contributed by atoms with E-state index >= 15 is 0 Å². The molecule has 1 N–H and O–H groups in total. The van der Waals surface area contributed by atoms with E-state index in [1.807, 2.05) is 0 Å². The molecule has 2 aromatic heterocycles. The highest BCUT2D eigenvalue weighted by atomic mass is 32.1. The van der Waals surface area contributed by atoms with Crippen molar-refractivity contribution in [3.05, 3.63) is 17.5 Å². The number of hydrogen-bond donors (Lipinski definition) is 1. The van der Waals surface area contributed by atoms with Gasteiger partial charge in [-0.25, -0.2) is 0 Å². The molecule has 0 fully saturated rings. The van der Waals surface area contributed by atoms with Crippen LogP contribution in [0.15, 0.2) is 16.2 Å². The number of aliphatic carboxylic acids is 1. The molecule has 2 heterocycles. The maximum Gasteiger partial charge on any atom is 0.311 e. The summed E-state index contributed by atoms with van der Waals surface area (Å²) in [6.07, 6.45) is 1.35. The first-order valence-corrected chi connectivity index (χ1v) is 4.57. The summed E-state index contributed by atoms with van der Waals surface area (Å²) in [6.45, 7) is 0. The lowest BCUT2D eigenvalue weighted by Gasteiger charge is -1.83. The van der Waals surface area contributed by atoms with Gasteiger partial charge in [0.25, 0.3) is 5.89 Å². The van der Waals surface area contributed by atoms with Crippen LogP contribution in [0.2, 0.25) is 0 Å². The van der Waals surface area contributed by atoms with Crippen LogP contribution >= 0.6 is 11.3 Å². The average Bonchev–Trinajstić information content (AvgIpc) is 2.69. The maximum absolute atomic E-state index is 10.3. The van der Waals surface area contributed by atoms with Crippen molar-refractivity contribution in [2.75, 3.05) is 0 Å². The molecular formula is C7H5N3O3S. The van der Waals surface area contributed by atoms with Gasteiger partial charge in [-0.15, -0.1) is 11.3 Å². The van der Waals surface area contributed by atoms with Crippen molar-refractivity contribution >= 4 is 17.3 Å². The van der Waals surface area contributed by atoms with Crippen LogP contribution in [0.3, 0.4) is 0 Å². The van der Waals surface area contributed by atoms with Gasteiger partial charge in [0.2, 0.25) is 0 Å². The molecule has 7 heteroatoms. The predicted molar refractivity (Wildman–Crippen MR) is 46.7 cm³/mol. The lowest BCUT2D eigenvalue weighted by molar-refractivity contribution is -0.136. The summed E-state index contributed by atoms with van der Waals surface area (Å²) in [7, 11) is 0. The van der Waals surface area contributed by atoms with Crippen molar-refractivity contribution in [2.45, 2.75) is 6.42 Å². The van der Waals surface area contributed by atoms with E-state index in [2.05, 4.69) is 15.1 Å². The van der Waals surface area contributed by atoms with Gasteiger partial charge >= 0.3 is 5.97 Å². The van der Waals surface area contributed by atoms with Gasteiger partial charge in [-0.3, -0.25) is 9.78 Å². The molecule has 0 bridgehead atoms. The standard InChI is InChI=1S/C7H5N3O3S/c11-6(12)1-5-9-7(13-10-5)4-2-8-3-14-4/h2-3H,1H2,(H,11,12). The first-order valence-electron chi connectivity index (χ1n) is 3.69. The van der Waals surface area contributed by atoms with E-state index in [4.69, 9.17) is 9.63 Å². The highest BCUT2D eigenvalue weighted by molar-refractivity contribution is 7.13. The van der Waals surface area contributed by atoms with Gasteiger partial charge in [-0.05, 0) is 0 Å². The number of nitrogens with zero attached hydrogens (tertiary/aromatic N) is 3. The van der Waals surface area contributed by atoms with Crippen molar-refractivity contribution in [2.24, 2.45) is 0 Å². The number of carboxylic acid groups (broad SMARTS) is 1. The molecule has 2 rings (SSSR count). The van der Waals surface area contributed by atoms with Gasteiger partial charge in [0.15, 0.2) is 5.82 Å². The molecule has 14 heavy (non-hydrogen) atoms. The van der Waals surface area contributed by atoms with E-state index in [0.29, 0.717) is 5.89 Å². The van der Waals surface area contributed by atoms with E-state index in [9.17, 15) is 4.79 Å². The molecule has 72 valence electrons. The van der Waals surface area contributed by atoms with Crippen LogP contribution in [0.1, 0.15) is 5.82 Å². The molecule has 0 aliphatic heterocycles. The van der Waals surface area contributed by atoms with Gasteiger partial charge in [0.05, 0.1) is 11.7 Å². The zero-order chi connectivity index (χ0) is 9.97. The Balaban J connectivity index is 2.22. The van der Waals surface area contributed by atoms with Gasteiger partial charge in [0.1, 0.15) is 11.3 Å². The molecule has 0 unspecified atom stereocenters. The van der Waals surface area contributed by atoms with Crippen LogP contribution in [0.25, 0.3) is 10.8 Å². The summed E-state index contributed by atoms with van der Waals surface area (Å²) in [5, 5.41) is 12.0. The summed E-state index contributed by atoms with van der Waals surface area (Å²) in [5.74, 6) is -0.508. The number of thiazole rings is 1. The van der Waals surface area contributed by atoms with Crippen LogP contribution < -0.4 is 0 Å². The number of rotatable bonds is 3. The van der Waals surface area contributed by atoms with E-state index in [1.165, 1.54) is 11.3 Å². The molecule has 0 aromatic carbocycles. The smallest absolute Gasteiger partial charge is 0.311 e. The fourth-order valence-corrected chi connectivity index (χ4v) is 1.42. The van der Waals surface area contributed by atoms with Crippen molar-refractivity contribution in [3.8, 4) is 10.8 Å². The van der Waals surface area contributed by atoms with Crippen LogP contribution in [0, 0.1) is 0 Å². The molecule has 0 spiro atoms. The van der Waals surface area contributed by atoms with Crippen LogP contribution in [-0.4, -0.2) is 26.2 Å². The molecule has 0 amide bonds. The second-order valence-corrected chi connectivity index (χ2v) is 3.34. The first kappa shape index (κ1) is 8.82. The third-order valence-corrected chi connectivity index (χ3v) is 2.18. The average molecular weight is 211 g/mol. The predicted octanol–water partition coefficient (Wildman–Crippen LogP) is 0.820. The molecular weight excluding hydrogens is 206 g/mol. The second-order valence-electron chi connectivity index (χ2n) is 2.45. The van der Waals surface area contributed by atoms with E-state index in [-0.39, 0.29) is 12.2 Å². The summed E-state index contributed by atoms with van der Waals surface area (Å²) >= 11 is 1.35. The molecule has 0 aliphatic rings. The minimum Gasteiger partial charge on any atom is -0.481 e. The molecule has 0 radical (unpaired) electrons. The Morgan fingerprint density at radius 2 is 2.50 bits per heavy atom. The Bertz CT molecular complexity index is 437. The van der Waals surface area contributed by atoms with Crippen molar-refractivity contribution in [1.29, 1.82) is 0 Å². The highest BCUT2D eigenvalue weighted by Crippen LogP contribution is 2.20. The van der Waals surface area contributed by atoms with Crippen LogP contribution in [-0.2, 0) is 11.2 Å². The number of carbonyl (C=O) groups is 1. The largest absolute Gasteiger partial charge is 0.481 e. The summed E-state index contributed by atoms with van der Waals surface area (Å²) in [4.78, 5) is 18.8. The van der Waals surface area contributed by atoms with Gasteiger partial charge in [0, 0.05) is 0 Å². The van der Waals surface area contributed by atoms with Crippen molar-refractivity contribution in [1.82, 2.24) is 15.1 Å². The Morgan fingerprint density at radius 3 is 3.14 bits per heavy atom. The Labute approximate surface area is 82.2 Å². The molecule has 2 aromatic rings. The van der Waals surface area contributed by atoms with Crippen molar-refractivity contribution < 1.29 is 14.4 Å². The minimum absolute atomic E-state index is 0.168. The van der Waals surface area contributed by atoms with Gasteiger partial charge in [-0.1, -0.05) is 5.16 Å². The molecule has 0 saturated carbocycles.